The summed E-state index contributed by atoms with van der Waals surface area (Å²) in [5.74, 6) is 0.668. The van der Waals surface area contributed by atoms with Crippen LogP contribution in [0.4, 0.5) is 0 Å². The topological polar surface area (TPSA) is 69.1 Å². The zero-order chi connectivity index (χ0) is 10.8. The zero-order valence-corrected chi connectivity index (χ0v) is 9.06. The highest BCUT2D eigenvalue weighted by atomic mass is 15.3. The minimum absolute atomic E-state index is 0.668. The number of aromatic nitrogens is 4. The predicted molar refractivity (Wildman–Crippen MR) is 57.6 cm³/mol. The van der Waals surface area contributed by atoms with Gasteiger partial charge in [-0.15, -0.1) is 0 Å². The van der Waals surface area contributed by atoms with Crippen LogP contribution in [0, 0.1) is 13.8 Å². The lowest BCUT2D eigenvalue weighted by atomic mass is 10.1. The lowest BCUT2D eigenvalue weighted by molar-refractivity contribution is 0.782. The van der Waals surface area contributed by atoms with Crippen molar-refractivity contribution >= 4 is 5.78 Å². The predicted octanol–water partition coefficient (Wildman–Crippen LogP) is 0.632. The van der Waals surface area contributed by atoms with Crippen molar-refractivity contribution in [2.75, 3.05) is 6.54 Å². The summed E-state index contributed by atoms with van der Waals surface area (Å²) in [6.07, 6.45) is 3.46. The van der Waals surface area contributed by atoms with Crippen molar-refractivity contribution in [1.82, 2.24) is 19.6 Å². The molecule has 2 aromatic heterocycles. The number of hydrogen-bond acceptors (Lipinski definition) is 4. The van der Waals surface area contributed by atoms with Gasteiger partial charge in [-0.2, -0.15) is 10.1 Å². The van der Waals surface area contributed by atoms with E-state index >= 15 is 0 Å². The van der Waals surface area contributed by atoms with Crippen molar-refractivity contribution in [2.24, 2.45) is 5.73 Å². The first-order valence-electron chi connectivity index (χ1n) is 5.10. The third-order valence-electron chi connectivity index (χ3n) is 2.62. The second-order valence-electron chi connectivity index (χ2n) is 3.63. The van der Waals surface area contributed by atoms with Crippen LogP contribution < -0.4 is 5.73 Å². The molecule has 0 aliphatic rings. The number of aryl methyl sites for hydroxylation is 2. The first-order chi connectivity index (χ1) is 7.24. The summed E-state index contributed by atoms with van der Waals surface area (Å²) < 4.78 is 1.78. The monoisotopic (exact) mass is 205 g/mol. The van der Waals surface area contributed by atoms with Gasteiger partial charge < -0.3 is 5.73 Å². The SMILES string of the molecule is Cc1nc2ncnn2c(C)c1CCCN. The molecule has 2 rings (SSSR count). The molecule has 2 N–H and O–H groups in total. The molecule has 0 aromatic carbocycles. The van der Waals surface area contributed by atoms with Gasteiger partial charge in [0.25, 0.3) is 5.78 Å². The van der Waals surface area contributed by atoms with Gasteiger partial charge in [0.1, 0.15) is 6.33 Å². The molecule has 80 valence electrons. The molecular formula is C10H15N5. The molecule has 15 heavy (non-hydrogen) atoms. The highest BCUT2D eigenvalue weighted by Gasteiger charge is 2.09. The van der Waals surface area contributed by atoms with E-state index in [9.17, 15) is 0 Å². The Labute approximate surface area is 88.3 Å². The van der Waals surface area contributed by atoms with E-state index < -0.39 is 0 Å². The van der Waals surface area contributed by atoms with Crippen LogP contribution in [0.2, 0.25) is 0 Å². The highest BCUT2D eigenvalue weighted by Crippen LogP contribution is 2.14. The average molecular weight is 205 g/mol. The van der Waals surface area contributed by atoms with E-state index in [1.165, 1.54) is 11.9 Å². The summed E-state index contributed by atoms with van der Waals surface area (Å²) >= 11 is 0. The van der Waals surface area contributed by atoms with Crippen LogP contribution in [-0.4, -0.2) is 26.1 Å². The average Bonchev–Trinajstić information content (AvgIpc) is 2.65. The van der Waals surface area contributed by atoms with Gasteiger partial charge in [-0.3, -0.25) is 0 Å². The molecule has 0 aliphatic heterocycles. The van der Waals surface area contributed by atoms with E-state index in [4.69, 9.17) is 5.73 Å². The van der Waals surface area contributed by atoms with Crippen molar-refractivity contribution in [2.45, 2.75) is 26.7 Å². The van der Waals surface area contributed by atoms with Crippen molar-refractivity contribution in [3.63, 3.8) is 0 Å². The summed E-state index contributed by atoms with van der Waals surface area (Å²) in [5.41, 5.74) is 8.89. The van der Waals surface area contributed by atoms with Crippen molar-refractivity contribution in [3.8, 4) is 0 Å². The summed E-state index contributed by atoms with van der Waals surface area (Å²) in [6, 6.07) is 0. The Hall–Kier alpha value is -1.49. The van der Waals surface area contributed by atoms with Gasteiger partial charge in [-0.25, -0.2) is 9.50 Å². The molecule has 0 atom stereocenters. The molecule has 0 fully saturated rings. The van der Waals surface area contributed by atoms with Crippen LogP contribution in [0.25, 0.3) is 5.78 Å². The first-order valence-corrected chi connectivity index (χ1v) is 5.10. The van der Waals surface area contributed by atoms with E-state index in [0.717, 1.165) is 24.2 Å². The molecular weight excluding hydrogens is 190 g/mol. The van der Waals surface area contributed by atoms with E-state index in [1.54, 1.807) is 4.52 Å². The van der Waals surface area contributed by atoms with E-state index in [-0.39, 0.29) is 0 Å². The lowest BCUT2D eigenvalue weighted by Gasteiger charge is -2.09. The molecule has 0 radical (unpaired) electrons. The summed E-state index contributed by atoms with van der Waals surface area (Å²) in [4.78, 5) is 8.48. The van der Waals surface area contributed by atoms with Gasteiger partial charge in [-0.05, 0) is 38.8 Å². The minimum Gasteiger partial charge on any atom is -0.330 e. The van der Waals surface area contributed by atoms with Crippen LogP contribution in [0.5, 0.6) is 0 Å². The number of rotatable bonds is 3. The molecule has 5 heteroatoms. The molecule has 0 bridgehead atoms. The molecule has 2 aromatic rings. The molecule has 0 unspecified atom stereocenters. The van der Waals surface area contributed by atoms with Crippen LogP contribution in [0.3, 0.4) is 0 Å². The quantitative estimate of drug-likeness (QED) is 0.798. The molecule has 0 amide bonds. The van der Waals surface area contributed by atoms with Crippen LogP contribution in [0.15, 0.2) is 6.33 Å². The fraction of sp³-hybridized carbons (Fsp3) is 0.500. The second kappa shape index (κ2) is 3.94. The molecule has 0 saturated heterocycles. The van der Waals surface area contributed by atoms with Gasteiger partial charge in [0.15, 0.2) is 0 Å². The maximum absolute atomic E-state index is 5.51. The van der Waals surface area contributed by atoms with Gasteiger partial charge >= 0.3 is 0 Å². The zero-order valence-electron chi connectivity index (χ0n) is 9.06. The fourth-order valence-electron chi connectivity index (χ4n) is 1.80. The molecule has 2 heterocycles. The van der Waals surface area contributed by atoms with E-state index in [1.807, 2.05) is 13.8 Å². The number of nitrogens with two attached hydrogens (primary N) is 1. The smallest absolute Gasteiger partial charge is 0.252 e. The Morgan fingerprint density at radius 1 is 1.40 bits per heavy atom. The number of fused-ring (bicyclic) bond motifs is 1. The van der Waals surface area contributed by atoms with Gasteiger partial charge in [-0.1, -0.05) is 0 Å². The van der Waals surface area contributed by atoms with E-state index in [2.05, 4.69) is 15.1 Å². The number of hydrogen-bond donors (Lipinski definition) is 1. The Balaban J connectivity index is 2.52. The van der Waals surface area contributed by atoms with Gasteiger partial charge in [0, 0.05) is 11.4 Å². The van der Waals surface area contributed by atoms with Crippen LogP contribution >= 0.6 is 0 Å². The maximum atomic E-state index is 5.51. The standard InChI is InChI=1S/C10H15N5/c1-7-9(4-3-5-11)8(2)15-10(14-7)12-6-13-15/h6H,3-5,11H2,1-2H3. The van der Waals surface area contributed by atoms with Crippen LogP contribution in [-0.2, 0) is 6.42 Å². The van der Waals surface area contributed by atoms with Gasteiger partial charge in [0.05, 0.1) is 0 Å². The van der Waals surface area contributed by atoms with E-state index in [0.29, 0.717) is 12.3 Å². The Morgan fingerprint density at radius 3 is 2.93 bits per heavy atom. The van der Waals surface area contributed by atoms with Crippen molar-refractivity contribution < 1.29 is 0 Å². The third kappa shape index (κ3) is 1.70. The highest BCUT2D eigenvalue weighted by molar-refractivity contribution is 5.35. The third-order valence-corrected chi connectivity index (χ3v) is 2.62. The molecule has 0 saturated carbocycles. The second-order valence-corrected chi connectivity index (χ2v) is 3.63. The normalized spacial score (nSPS) is 11.1. The van der Waals surface area contributed by atoms with Crippen LogP contribution in [0.1, 0.15) is 23.4 Å². The molecule has 5 nitrogen and oxygen atoms in total. The largest absolute Gasteiger partial charge is 0.330 e. The Morgan fingerprint density at radius 2 is 2.20 bits per heavy atom. The summed E-state index contributed by atoms with van der Waals surface area (Å²) in [7, 11) is 0. The molecule has 0 aliphatic carbocycles. The summed E-state index contributed by atoms with van der Waals surface area (Å²) in [5, 5.41) is 4.14. The van der Waals surface area contributed by atoms with Crippen molar-refractivity contribution in [1.29, 1.82) is 0 Å². The fourth-order valence-corrected chi connectivity index (χ4v) is 1.80. The Kier molecular flexibility index (Phi) is 2.64. The summed E-state index contributed by atoms with van der Waals surface area (Å²) in [6.45, 7) is 4.75. The Bertz CT molecular complexity index is 474. The minimum atomic E-state index is 0.668. The maximum Gasteiger partial charge on any atom is 0.252 e. The number of nitrogens with zero attached hydrogens (tertiary/aromatic N) is 4. The van der Waals surface area contributed by atoms with Crippen molar-refractivity contribution in [3.05, 3.63) is 23.3 Å². The first kappa shape index (κ1) is 10.0. The lowest BCUT2D eigenvalue weighted by Crippen LogP contribution is -2.08. The molecule has 0 spiro atoms. The van der Waals surface area contributed by atoms with Gasteiger partial charge in [0.2, 0.25) is 0 Å².